The van der Waals surface area contributed by atoms with Gasteiger partial charge in [-0.3, -0.25) is 0 Å². The number of hydrogen-bond acceptors (Lipinski definition) is 10. The first kappa shape index (κ1) is 47.9. The smallest absolute Gasteiger partial charge is 0.164 e. The fourth-order valence-electron chi connectivity index (χ4n) is 10.2. The number of aromatic nitrogens is 10. The van der Waals surface area contributed by atoms with Crippen LogP contribution in [0.15, 0.2) is 261 Å². The van der Waals surface area contributed by atoms with E-state index >= 15 is 0 Å². The van der Waals surface area contributed by atoms with Crippen molar-refractivity contribution in [2.75, 3.05) is 0 Å². The van der Waals surface area contributed by atoms with Gasteiger partial charge in [-0.15, -0.1) is 0 Å². The normalized spacial score (nSPS) is 11.2. The van der Waals surface area contributed by atoms with E-state index in [0.717, 1.165) is 88.7 Å². The van der Waals surface area contributed by atoms with Crippen LogP contribution in [0.2, 0.25) is 0 Å². The summed E-state index contributed by atoms with van der Waals surface area (Å²) >= 11 is 0. The summed E-state index contributed by atoms with van der Waals surface area (Å²) in [4.78, 5) is 46.2. The maximum Gasteiger partial charge on any atom is 0.164 e. The van der Waals surface area contributed by atoms with Gasteiger partial charge in [0.15, 0.2) is 52.4 Å². The lowest BCUT2D eigenvalue weighted by atomic mass is 9.97. The lowest BCUT2D eigenvalue weighted by Crippen LogP contribution is -2.02. The van der Waals surface area contributed by atoms with E-state index in [2.05, 4.69) is 65.2 Å². The quantitative estimate of drug-likeness (QED) is 0.123. The summed E-state index contributed by atoms with van der Waals surface area (Å²) in [5.41, 5.74) is 12.7. The van der Waals surface area contributed by atoms with E-state index in [1.165, 1.54) is 0 Å². The van der Waals surface area contributed by atoms with Gasteiger partial charge in [-0.2, -0.15) is 5.26 Å². The lowest BCUT2D eigenvalue weighted by Gasteiger charge is -2.16. The van der Waals surface area contributed by atoms with Crippen molar-refractivity contribution in [2.45, 2.75) is 0 Å². The van der Waals surface area contributed by atoms with Crippen LogP contribution in [-0.2, 0) is 0 Å². The SMILES string of the molecule is N#Cc1ccc(-c2ccc(-n3c4ccc(-c5nc(-c6ccccc6)nc(-c6ccccc6)n5)cc4c4cc(-c5nc(-c6ccccc6)nc(-c6ccccc6)n5)ccc43)cc2-c2nc(-c3ccccc3)nc(-c3ccccc3)n2)cc1. The minimum Gasteiger partial charge on any atom is -0.309 e. The second-order valence-electron chi connectivity index (χ2n) is 19.3. The second kappa shape index (κ2) is 20.8. The summed E-state index contributed by atoms with van der Waals surface area (Å²) in [6.45, 7) is 0. The molecule has 14 rings (SSSR count). The molecule has 0 saturated carbocycles. The molecule has 0 saturated heterocycles. The van der Waals surface area contributed by atoms with Crippen LogP contribution >= 0.6 is 0 Å². The van der Waals surface area contributed by atoms with Gasteiger partial charge >= 0.3 is 0 Å². The predicted octanol–water partition coefficient (Wildman–Crippen LogP) is 15.9. The fraction of sp³-hybridized carbons (Fsp3) is 0. The van der Waals surface area contributed by atoms with E-state index in [1.54, 1.807) is 0 Å². The van der Waals surface area contributed by atoms with Gasteiger partial charge in [0.25, 0.3) is 0 Å². The zero-order chi connectivity index (χ0) is 54.1. The van der Waals surface area contributed by atoms with Crippen LogP contribution in [0.1, 0.15) is 5.56 Å². The second-order valence-corrected chi connectivity index (χ2v) is 19.3. The Bertz CT molecular complexity index is 4310. The molecule has 81 heavy (non-hydrogen) atoms. The molecule has 11 heteroatoms. The van der Waals surface area contributed by atoms with Crippen LogP contribution in [0.5, 0.6) is 0 Å². The van der Waals surface area contributed by atoms with E-state index in [0.29, 0.717) is 58.0 Å². The summed E-state index contributed by atoms with van der Waals surface area (Å²) in [6.07, 6.45) is 0. The van der Waals surface area contributed by atoms with Gasteiger partial charge in [0.2, 0.25) is 0 Å². The largest absolute Gasteiger partial charge is 0.309 e. The molecule has 0 amide bonds. The Kier molecular flexibility index (Phi) is 12.3. The molecule has 11 nitrogen and oxygen atoms in total. The standard InChI is InChI=1S/C70H43N11/c71-44-45-31-33-46(34-32-45)56-38-37-55(43-59(56)70-79-66(51-27-15-5-16-28-51)74-67(80-70)52-29-17-6-18-30-52)81-60-39-35-53(68-75-62(47-19-7-1-8-20-47)72-63(76-68)48-21-9-2-10-22-48)41-57(60)58-42-54(36-40-61(58)81)69-77-64(49-23-11-3-12-24-49)73-65(78-69)50-25-13-4-14-26-50/h1-43H. The van der Waals surface area contributed by atoms with Crippen molar-refractivity contribution < 1.29 is 0 Å². The summed E-state index contributed by atoms with van der Waals surface area (Å²) in [7, 11) is 0. The van der Waals surface area contributed by atoms with Gasteiger partial charge in [0.05, 0.1) is 22.7 Å². The van der Waals surface area contributed by atoms with E-state index in [1.807, 2.05) is 206 Å². The van der Waals surface area contributed by atoms with Gasteiger partial charge in [-0.1, -0.05) is 200 Å². The molecular weight excluding hydrogens is 995 g/mol. The van der Waals surface area contributed by atoms with Crippen LogP contribution in [0, 0.1) is 11.3 Å². The Balaban J connectivity index is 1.02. The Labute approximate surface area is 466 Å². The highest BCUT2D eigenvalue weighted by Crippen LogP contribution is 2.41. The van der Waals surface area contributed by atoms with Crippen LogP contribution in [0.3, 0.4) is 0 Å². The van der Waals surface area contributed by atoms with Crippen LogP contribution in [-0.4, -0.2) is 49.4 Å². The molecule has 0 N–H and O–H groups in total. The fourth-order valence-corrected chi connectivity index (χ4v) is 10.2. The number of nitriles is 1. The van der Waals surface area contributed by atoms with Crippen LogP contribution < -0.4 is 0 Å². The first-order valence-electron chi connectivity index (χ1n) is 26.4. The maximum atomic E-state index is 9.83. The van der Waals surface area contributed by atoms with Crippen molar-refractivity contribution >= 4 is 21.8 Å². The maximum absolute atomic E-state index is 9.83. The summed E-state index contributed by atoms with van der Waals surface area (Å²) in [6, 6.07) is 89.0. The molecule has 0 spiro atoms. The molecule has 0 aliphatic carbocycles. The van der Waals surface area contributed by atoms with Gasteiger partial charge in [0.1, 0.15) is 0 Å². The molecule has 378 valence electrons. The molecule has 10 aromatic carbocycles. The van der Waals surface area contributed by atoms with Gasteiger partial charge in [-0.25, -0.2) is 44.9 Å². The molecule has 0 unspecified atom stereocenters. The molecule has 0 bridgehead atoms. The predicted molar refractivity (Wildman–Crippen MR) is 320 cm³/mol. The third-order valence-electron chi connectivity index (χ3n) is 14.2. The molecule has 0 atom stereocenters. The van der Waals surface area contributed by atoms with Crippen LogP contribution in [0.4, 0.5) is 0 Å². The van der Waals surface area contributed by atoms with Crippen molar-refractivity contribution in [3.8, 4) is 125 Å². The molecule has 0 aliphatic rings. The number of benzene rings is 10. The Hall–Kier alpha value is -11.5. The number of fused-ring (bicyclic) bond motifs is 3. The molecule has 0 aliphatic heterocycles. The van der Waals surface area contributed by atoms with E-state index < -0.39 is 0 Å². The zero-order valence-corrected chi connectivity index (χ0v) is 43.2. The molecular formula is C70H43N11. The summed E-state index contributed by atoms with van der Waals surface area (Å²) in [5, 5.41) is 11.7. The summed E-state index contributed by atoms with van der Waals surface area (Å²) in [5.74, 6) is 4.93. The summed E-state index contributed by atoms with van der Waals surface area (Å²) < 4.78 is 2.28. The van der Waals surface area contributed by atoms with Gasteiger partial charge < -0.3 is 4.57 Å². The Morgan fingerprint density at radius 3 is 0.864 bits per heavy atom. The number of nitrogens with zero attached hydrogens (tertiary/aromatic N) is 11. The Morgan fingerprint density at radius 1 is 0.247 bits per heavy atom. The monoisotopic (exact) mass is 1040 g/mol. The van der Waals surface area contributed by atoms with Gasteiger partial charge in [-0.05, 0) is 71.8 Å². The van der Waals surface area contributed by atoms with Crippen molar-refractivity contribution in [3.05, 3.63) is 266 Å². The minimum absolute atomic E-state index is 0.491. The first-order chi connectivity index (χ1) is 40.1. The molecule has 4 aromatic heterocycles. The first-order valence-corrected chi connectivity index (χ1v) is 26.4. The van der Waals surface area contributed by atoms with E-state index in [4.69, 9.17) is 44.9 Å². The Morgan fingerprint density at radius 2 is 0.543 bits per heavy atom. The van der Waals surface area contributed by atoms with Crippen LogP contribution in [0.25, 0.3) is 141 Å². The molecule has 0 radical (unpaired) electrons. The lowest BCUT2D eigenvalue weighted by molar-refractivity contribution is 1.07. The number of hydrogen-bond donors (Lipinski definition) is 0. The zero-order valence-electron chi connectivity index (χ0n) is 43.2. The highest BCUT2D eigenvalue weighted by Gasteiger charge is 2.22. The molecule has 4 heterocycles. The number of rotatable bonds is 11. The van der Waals surface area contributed by atoms with Crippen molar-refractivity contribution in [1.29, 1.82) is 5.26 Å². The third kappa shape index (κ3) is 9.41. The topological polar surface area (TPSA) is 145 Å². The van der Waals surface area contributed by atoms with E-state index in [9.17, 15) is 5.26 Å². The van der Waals surface area contributed by atoms with Crippen molar-refractivity contribution in [3.63, 3.8) is 0 Å². The van der Waals surface area contributed by atoms with Crippen molar-refractivity contribution in [1.82, 2.24) is 49.4 Å². The molecule has 14 aromatic rings. The highest BCUT2D eigenvalue weighted by atomic mass is 15.1. The molecule has 0 fully saturated rings. The third-order valence-corrected chi connectivity index (χ3v) is 14.2. The van der Waals surface area contributed by atoms with E-state index in [-0.39, 0.29) is 0 Å². The van der Waals surface area contributed by atoms with Crippen molar-refractivity contribution in [2.24, 2.45) is 0 Å². The highest BCUT2D eigenvalue weighted by molar-refractivity contribution is 6.11. The minimum atomic E-state index is 0.491. The average molecular weight is 1040 g/mol. The van der Waals surface area contributed by atoms with Gasteiger partial charge in [0, 0.05) is 66.5 Å². The average Bonchev–Trinajstić information content (AvgIpc) is 3.94.